The van der Waals surface area contributed by atoms with Crippen molar-refractivity contribution in [2.75, 3.05) is 13.2 Å². The van der Waals surface area contributed by atoms with Crippen molar-refractivity contribution in [3.05, 3.63) is 29.0 Å². The molecule has 0 unspecified atom stereocenters. The lowest BCUT2D eigenvalue weighted by molar-refractivity contribution is -0.206. The summed E-state index contributed by atoms with van der Waals surface area (Å²) in [4.78, 5) is 9.90. The summed E-state index contributed by atoms with van der Waals surface area (Å²) in [5, 5.41) is 4.79. The predicted octanol–water partition coefficient (Wildman–Crippen LogP) is 2.92. The van der Waals surface area contributed by atoms with E-state index >= 15 is 0 Å². The molecule has 1 aliphatic carbocycles. The fraction of sp³-hybridized carbons (Fsp3) is 0.529. The highest BCUT2D eigenvalue weighted by atomic mass is 35.5. The molecule has 0 N–H and O–H groups in total. The van der Waals surface area contributed by atoms with E-state index in [9.17, 15) is 0 Å². The van der Waals surface area contributed by atoms with Gasteiger partial charge in [0.2, 0.25) is 0 Å². The Balaban J connectivity index is 1.40. The fourth-order valence-electron chi connectivity index (χ4n) is 3.34. The minimum Gasteiger partial charge on any atom is -0.388 e. The summed E-state index contributed by atoms with van der Waals surface area (Å²) < 4.78 is 11.5. The molecule has 6 heteroatoms. The van der Waals surface area contributed by atoms with Crippen molar-refractivity contribution >= 4 is 17.3 Å². The van der Waals surface area contributed by atoms with Crippen LogP contribution in [-0.2, 0) is 14.3 Å². The molecule has 5 nitrogen and oxygen atoms in total. The van der Waals surface area contributed by atoms with Gasteiger partial charge in [0, 0.05) is 30.5 Å². The van der Waals surface area contributed by atoms with Crippen LogP contribution in [0, 0.1) is 11.8 Å². The molecule has 0 radical (unpaired) electrons. The topological polar surface area (TPSA) is 52.9 Å². The number of rotatable bonds is 0. The lowest BCUT2D eigenvalue weighted by Gasteiger charge is -2.39. The third-order valence-electron chi connectivity index (χ3n) is 4.63. The van der Waals surface area contributed by atoms with E-state index in [2.05, 4.69) is 22.0 Å². The predicted molar refractivity (Wildman–Crippen MR) is 85.1 cm³/mol. The maximum absolute atomic E-state index is 5.93. The van der Waals surface area contributed by atoms with E-state index in [1.165, 1.54) is 0 Å². The second-order valence-electron chi connectivity index (χ2n) is 6.21. The first kappa shape index (κ1) is 14.9. The van der Waals surface area contributed by atoms with Crippen LogP contribution < -0.4 is 0 Å². The van der Waals surface area contributed by atoms with Gasteiger partial charge in [-0.05, 0) is 36.8 Å². The molecule has 1 aromatic rings. The number of hydrogen-bond donors (Lipinski definition) is 0. The first-order chi connectivity index (χ1) is 11.2. The molecule has 1 saturated heterocycles. The fourth-order valence-corrected chi connectivity index (χ4v) is 3.50. The Hall–Kier alpha value is -1.61. The minimum absolute atomic E-state index is 0.244. The first-order valence-electron chi connectivity index (χ1n) is 7.84. The van der Waals surface area contributed by atoms with Gasteiger partial charge in [-0.15, -0.1) is 0 Å². The SMILES string of the molecule is Clc1ccnc(C#CC2=NOC3(CCC4(CC3)OCCO4)C2)c1. The number of pyridine rings is 1. The summed E-state index contributed by atoms with van der Waals surface area (Å²) in [5.74, 6) is 5.66. The number of halogens is 1. The number of nitrogens with zero attached hydrogens (tertiary/aromatic N) is 2. The van der Waals surface area contributed by atoms with Crippen LogP contribution in [0.1, 0.15) is 37.8 Å². The molecule has 0 aromatic carbocycles. The van der Waals surface area contributed by atoms with E-state index in [4.69, 9.17) is 25.9 Å². The van der Waals surface area contributed by atoms with Crippen molar-refractivity contribution in [1.29, 1.82) is 0 Å². The first-order valence-corrected chi connectivity index (χ1v) is 8.22. The van der Waals surface area contributed by atoms with Crippen molar-refractivity contribution in [1.82, 2.24) is 4.98 Å². The summed E-state index contributed by atoms with van der Waals surface area (Å²) in [5.41, 5.74) is 1.15. The maximum atomic E-state index is 5.93. The molecular formula is C17H17ClN2O3. The lowest BCUT2D eigenvalue weighted by atomic mass is 9.79. The Kier molecular flexibility index (Phi) is 3.76. The number of hydrogen-bond acceptors (Lipinski definition) is 5. The normalized spacial score (nSPS) is 24.1. The molecule has 120 valence electrons. The second-order valence-corrected chi connectivity index (χ2v) is 6.64. The van der Waals surface area contributed by atoms with E-state index in [0.717, 1.165) is 37.8 Å². The van der Waals surface area contributed by atoms with Crippen LogP contribution in [0.5, 0.6) is 0 Å². The van der Waals surface area contributed by atoms with E-state index in [1.54, 1.807) is 18.3 Å². The van der Waals surface area contributed by atoms with Gasteiger partial charge in [0.05, 0.1) is 13.2 Å². The third-order valence-corrected chi connectivity index (χ3v) is 4.87. The number of ether oxygens (including phenoxy) is 2. The Labute approximate surface area is 140 Å². The van der Waals surface area contributed by atoms with E-state index in [1.807, 2.05) is 0 Å². The molecule has 2 fully saturated rings. The average Bonchev–Trinajstić information content (AvgIpc) is 3.17. The van der Waals surface area contributed by atoms with Crippen LogP contribution in [0.15, 0.2) is 23.5 Å². The third kappa shape index (κ3) is 3.07. The molecule has 0 bridgehead atoms. The molecule has 1 saturated carbocycles. The largest absolute Gasteiger partial charge is 0.388 e. The van der Waals surface area contributed by atoms with Gasteiger partial charge in [-0.2, -0.15) is 0 Å². The van der Waals surface area contributed by atoms with E-state index in [-0.39, 0.29) is 11.4 Å². The van der Waals surface area contributed by atoms with Crippen molar-refractivity contribution < 1.29 is 14.3 Å². The molecule has 0 amide bonds. The second kappa shape index (κ2) is 5.79. The molecule has 4 rings (SSSR count). The van der Waals surface area contributed by atoms with Gasteiger partial charge in [0.25, 0.3) is 0 Å². The van der Waals surface area contributed by atoms with Crippen molar-refractivity contribution in [3.8, 4) is 11.8 Å². The average molecular weight is 333 g/mol. The minimum atomic E-state index is -0.381. The summed E-state index contributed by atoms with van der Waals surface area (Å²) in [7, 11) is 0. The van der Waals surface area contributed by atoms with Crippen LogP contribution in [0.4, 0.5) is 0 Å². The standard InChI is InChI=1S/C17H17ClN2O3/c18-13-3-8-19-14(11-13)1-2-15-12-16(23-20-15)4-6-17(7-5-16)21-9-10-22-17/h3,8,11H,4-7,9-10,12H2. The molecular weight excluding hydrogens is 316 g/mol. The zero-order chi connectivity index (χ0) is 15.8. The van der Waals surface area contributed by atoms with Crippen LogP contribution >= 0.6 is 11.6 Å². The van der Waals surface area contributed by atoms with Crippen molar-refractivity contribution in [2.45, 2.75) is 43.5 Å². The molecule has 3 heterocycles. The summed E-state index contributed by atoms with van der Waals surface area (Å²) >= 11 is 5.93. The molecule has 2 aliphatic heterocycles. The van der Waals surface area contributed by atoms with Crippen molar-refractivity contribution in [3.63, 3.8) is 0 Å². The van der Waals surface area contributed by atoms with Gasteiger partial charge in [0.1, 0.15) is 17.0 Å². The van der Waals surface area contributed by atoms with Crippen LogP contribution in [0.25, 0.3) is 0 Å². The lowest BCUT2D eigenvalue weighted by Crippen LogP contribution is -2.43. The monoisotopic (exact) mass is 332 g/mol. The molecule has 3 aliphatic rings. The van der Waals surface area contributed by atoms with Gasteiger partial charge in [-0.25, -0.2) is 4.98 Å². The Bertz CT molecular complexity index is 691. The van der Waals surface area contributed by atoms with Gasteiger partial charge >= 0.3 is 0 Å². The Morgan fingerprint density at radius 3 is 2.61 bits per heavy atom. The zero-order valence-electron chi connectivity index (χ0n) is 12.7. The van der Waals surface area contributed by atoms with Gasteiger partial charge in [-0.1, -0.05) is 16.8 Å². The quantitative estimate of drug-likeness (QED) is 0.685. The van der Waals surface area contributed by atoms with Gasteiger partial charge in [-0.3, -0.25) is 0 Å². The van der Waals surface area contributed by atoms with Crippen molar-refractivity contribution in [2.24, 2.45) is 5.16 Å². The zero-order valence-corrected chi connectivity index (χ0v) is 13.4. The summed E-state index contributed by atoms with van der Waals surface area (Å²) in [6.07, 6.45) is 5.81. The Morgan fingerprint density at radius 1 is 1.09 bits per heavy atom. The number of aromatic nitrogens is 1. The molecule has 1 aromatic heterocycles. The highest BCUT2D eigenvalue weighted by Crippen LogP contribution is 2.45. The van der Waals surface area contributed by atoms with Crippen LogP contribution in [-0.4, -0.2) is 35.3 Å². The molecule has 2 spiro atoms. The van der Waals surface area contributed by atoms with E-state index < -0.39 is 0 Å². The molecule has 23 heavy (non-hydrogen) atoms. The Morgan fingerprint density at radius 2 is 1.87 bits per heavy atom. The van der Waals surface area contributed by atoms with Gasteiger partial charge < -0.3 is 14.3 Å². The highest BCUT2D eigenvalue weighted by molar-refractivity contribution is 6.30. The summed E-state index contributed by atoms with van der Waals surface area (Å²) in [6, 6.07) is 3.46. The maximum Gasteiger partial charge on any atom is 0.168 e. The van der Waals surface area contributed by atoms with E-state index in [0.29, 0.717) is 23.9 Å². The van der Waals surface area contributed by atoms with Crippen LogP contribution in [0.2, 0.25) is 5.02 Å². The smallest absolute Gasteiger partial charge is 0.168 e. The summed E-state index contributed by atoms with van der Waals surface area (Å²) in [6.45, 7) is 1.38. The van der Waals surface area contributed by atoms with Gasteiger partial charge in [0.15, 0.2) is 5.79 Å². The molecule has 0 atom stereocenters. The number of oxime groups is 1. The highest BCUT2D eigenvalue weighted by Gasteiger charge is 2.50. The van der Waals surface area contributed by atoms with Crippen LogP contribution in [0.3, 0.4) is 0 Å².